The normalized spacial score (nSPS) is 18.6. The van der Waals surface area contributed by atoms with Gasteiger partial charge in [0.15, 0.2) is 9.84 Å². The molecule has 2 aromatic carbocycles. The van der Waals surface area contributed by atoms with Crippen molar-refractivity contribution in [2.45, 2.75) is 23.8 Å². The molecule has 0 aliphatic carbocycles. The van der Waals surface area contributed by atoms with E-state index >= 15 is 0 Å². The van der Waals surface area contributed by atoms with Crippen molar-refractivity contribution in [1.82, 2.24) is 10.3 Å². The smallest absolute Gasteiger partial charge is 0.251 e. The van der Waals surface area contributed by atoms with Crippen molar-refractivity contribution in [3.05, 3.63) is 64.9 Å². The van der Waals surface area contributed by atoms with Crippen molar-refractivity contribution in [2.75, 3.05) is 11.6 Å². The van der Waals surface area contributed by atoms with Crippen LogP contribution in [0.4, 0.5) is 5.69 Å². The highest BCUT2D eigenvalue weighted by Crippen LogP contribution is 2.33. The average molecular weight is 444 g/mol. The van der Waals surface area contributed by atoms with E-state index in [2.05, 4.69) is 15.6 Å². The van der Waals surface area contributed by atoms with Crippen LogP contribution in [0.25, 0.3) is 10.8 Å². The number of pyridine rings is 1. The van der Waals surface area contributed by atoms with Gasteiger partial charge in [-0.1, -0.05) is 17.7 Å². The maximum atomic E-state index is 13.2. The molecule has 1 aliphatic rings. The first kappa shape index (κ1) is 20.3. The highest BCUT2D eigenvalue weighted by molar-refractivity contribution is 7.90. The van der Waals surface area contributed by atoms with Crippen molar-refractivity contribution in [1.29, 1.82) is 0 Å². The molecule has 0 bridgehead atoms. The van der Waals surface area contributed by atoms with Crippen LogP contribution in [0.3, 0.4) is 0 Å². The van der Waals surface area contributed by atoms with Crippen LogP contribution in [0.15, 0.2) is 53.7 Å². The number of halogens is 1. The van der Waals surface area contributed by atoms with Crippen LogP contribution in [0, 0.1) is 0 Å². The molecule has 1 aliphatic heterocycles. The minimum Gasteiger partial charge on any atom is -0.348 e. The lowest BCUT2D eigenvalue weighted by Crippen LogP contribution is -2.46. The minimum absolute atomic E-state index is 0.145. The lowest BCUT2D eigenvalue weighted by atomic mass is 9.84. The number of hydrogen-bond acceptors (Lipinski definition) is 5. The first-order valence-electron chi connectivity index (χ1n) is 9.14. The van der Waals surface area contributed by atoms with E-state index in [0.29, 0.717) is 32.6 Å². The number of hydrogen-bond donors (Lipinski definition) is 2. The van der Waals surface area contributed by atoms with Crippen LogP contribution in [0.5, 0.6) is 0 Å². The van der Waals surface area contributed by atoms with Crippen LogP contribution in [-0.2, 0) is 14.6 Å². The number of amides is 2. The van der Waals surface area contributed by atoms with Crippen molar-refractivity contribution in [3.8, 4) is 0 Å². The standard InChI is InChI=1S/C21H18ClN3O4S/c1-11-19(17-7-13(22)4-6-15(17)20(26)24-11)21(27)25-18-10-23-9-12-3-5-14(8-16(12)18)30(2,28)29/h3-11,19H,1-2H3,(H,24,26)(H,25,27). The zero-order chi connectivity index (χ0) is 21.6. The number of fused-ring (bicyclic) bond motifs is 2. The number of carbonyl (C=O) groups excluding carboxylic acids is 2. The molecule has 2 amide bonds. The van der Waals surface area contributed by atoms with Gasteiger partial charge in [0.05, 0.1) is 22.7 Å². The van der Waals surface area contributed by atoms with E-state index in [9.17, 15) is 18.0 Å². The molecular weight excluding hydrogens is 426 g/mol. The summed E-state index contributed by atoms with van der Waals surface area (Å²) in [5.41, 5.74) is 1.32. The zero-order valence-corrected chi connectivity index (χ0v) is 17.7. The average Bonchev–Trinajstić information content (AvgIpc) is 2.67. The van der Waals surface area contributed by atoms with Gasteiger partial charge in [0.1, 0.15) is 0 Å². The maximum absolute atomic E-state index is 13.2. The first-order valence-corrected chi connectivity index (χ1v) is 11.4. The third-order valence-corrected chi connectivity index (χ3v) is 6.50. The van der Waals surface area contributed by atoms with Gasteiger partial charge in [-0.05, 0) is 42.8 Å². The van der Waals surface area contributed by atoms with E-state index in [1.165, 1.54) is 18.3 Å². The van der Waals surface area contributed by atoms with E-state index in [1.54, 1.807) is 37.4 Å². The number of carbonyl (C=O) groups is 2. The summed E-state index contributed by atoms with van der Waals surface area (Å²) >= 11 is 6.11. The molecule has 1 aromatic heterocycles. The highest BCUT2D eigenvalue weighted by atomic mass is 35.5. The number of sulfone groups is 1. The molecule has 2 unspecified atom stereocenters. The lowest BCUT2D eigenvalue weighted by molar-refractivity contribution is -0.118. The largest absolute Gasteiger partial charge is 0.348 e. The highest BCUT2D eigenvalue weighted by Gasteiger charge is 2.36. The Balaban J connectivity index is 1.76. The molecular formula is C21H18ClN3O4S. The van der Waals surface area contributed by atoms with E-state index in [-0.39, 0.29) is 16.7 Å². The van der Waals surface area contributed by atoms with Crippen molar-refractivity contribution in [2.24, 2.45) is 0 Å². The van der Waals surface area contributed by atoms with E-state index in [1.807, 2.05) is 0 Å². The van der Waals surface area contributed by atoms with Crippen LogP contribution in [0.1, 0.15) is 28.8 Å². The molecule has 0 saturated heterocycles. The third kappa shape index (κ3) is 3.64. The molecule has 30 heavy (non-hydrogen) atoms. The van der Waals surface area contributed by atoms with Gasteiger partial charge in [0.2, 0.25) is 5.91 Å². The monoisotopic (exact) mass is 443 g/mol. The van der Waals surface area contributed by atoms with E-state index in [4.69, 9.17) is 11.6 Å². The molecule has 9 heteroatoms. The van der Waals surface area contributed by atoms with Gasteiger partial charge in [0.25, 0.3) is 5.91 Å². The van der Waals surface area contributed by atoms with Gasteiger partial charge >= 0.3 is 0 Å². The Bertz CT molecular complexity index is 1310. The Kier molecular flexibility index (Phi) is 4.99. The molecule has 7 nitrogen and oxygen atoms in total. The minimum atomic E-state index is -3.41. The topological polar surface area (TPSA) is 105 Å². The summed E-state index contributed by atoms with van der Waals surface area (Å²) in [5.74, 6) is -1.29. The number of rotatable bonds is 3. The molecule has 2 N–H and O–H groups in total. The summed E-state index contributed by atoms with van der Waals surface area (Å²) in [6.07, 6.45) is 4.19. The Morgan fingerprint density at radius 3 is 2.67 bits per heavy atom. The summed E-state index contributed by atoms with van der Waals surface area (Å²) in [6, 6.07) is 9.02. The van der Waals surface area contributed by atoms with Gasteiger partial charge < -0.3 is 10.6 Å². The van der Waals surface area contributed by atoms with Gasteiger partial charge in [0, 0.05) is 39.9 Å². The van der Waals surface area contributed by atoms with Gasteiger partial charge in [-0.3, -0.25) is 14.6 Å². The van der Waals surface area contributed by atoms with E-state index in [0.717, 1.165) is 6.26 Å². The Morgan fingerprint density at radius 1 is 1.17 bits per heavy atom. The SMILES string of the molecule is CC1NC(=O)c2ccc(Cl)cc2C1C(=O)Nc1cncc2ccc(S(C)(=O)=O)cc12. The number of benzene rings is 2. The van der Waals surface area contributed by atoms with Crippen molar-refractivity contribution >= 4 is 49.7 Å². The second-order valence-corrected chi connectivity index (χ2v) is 9.75. The molecule has 2 heterocycles. The van der Waals surface area contributed by atoms with Crippen LogP contribution in [-0.4, -0.2) is 37.5 Å². The fourth-order valence-electron chi connectivity index (χ4n) is 3.69. The first-order chi connectivity index (χ1) is 14.1. The fourth-order valence-corrected chi connectivity index (χ4v) is 4.51. The Labute approximate surface area is 178 Å². The van der Waals surface area contributed by atoms with Gasteiger partial charge in [-0.25, -0.2) is 8.42 Å². The molecule has 2 atom stereocenters. The molecule has 3 aromatic rings. The second kappa shape index (κ2) is 7.37. The summed E-state index contributed by atoms with van der Waals surface area (Å²) in [7, 11) is -3.41. The predicted molar refractivity (Wildman–Crippen MR) is 115 cm³/mol. The van der Waals surface area contributed by atoms with Gasteiger partial charge in [-0.2, -0.15) is 0 Å². The number of nitrogens with one attached hydrogen (secondary N) is 2. The molecule has 0 radical (unpaired) electrons. The number of nitrogens with zero attached hydrogens (tertiary/aromatic N) is 1. The third-order valence-electron chi connectivity index (χ3n) is 5.15. The zero-order valence-electron chi connectivity index (χ0n) is 16.1. The van der Waals surface area contributed by atoms with Crippen LogP contribution < -0.4 is 10.6 Å². The molecule has 154 valence electrons. The summed E-state index contributed by atoms with van der Waals surface area (Å²) in [4.78, 5) is 29.8. The molecule has 0 saturated carbocycles. The second-order valence-electron chi connectivity index (χ2n) is 7.30. The van der Waals surface area contributed by atoms with E-state index < -0.39 is 21.8 Å². The molecule has 0 fully saturated rings. The fraction of sp³-hybridized carbons (Fsp3) is 0.190. The molecule has 4 rings (SSSR count). The summed E-state index contributed by atoms with van der Waals surface area (Å²) < 4.78 is 23.9. The number of anilines is 1. The molecule has 0 spiro atoms. The Hall–Kier alpha value is -2.97. The van der Waals surface area contributed by atoms with Crippen molar-refractivity contribution < 1.29 is 18.0 Å². The quantitative estimate of drug-likeness (QED) is 0.647. The van der Waals surface area contributed by atoms with Crippen LogP contribution in [0.2, 0.25) is 5.02 Å². The predicted octanol–water partition coefficient (Wildman–Crippen LogP) is 3.15. The number of aromatic nitrogens is 1. The lowest BCUT2D eigenvalue weighted by Gasteiger charge is -2.31. The summed E-state index contributed by atoms with van der Waals surface area (Å²) in [5, 5.41) is 7.32. The Morgan fingerprint density at radius 2 is 1.93 bits per heavy atom. The van der Waals surface area contributed by atoms with Gasteiger partial charge in [-0.15, -0.1) is 0 Å². The summed E-state index contributed by atoms with van der Waals surface area (Å²) in [6.45, 7) is 1.75. The van der Waals surface area contributed by atoms with Crippen LogP contribution >= 0.6 is 11.6 Å². The van der Waals surface area contributed by atoms with Crippen molar-refractivity contribution in [3.63, 3.8) is 0 Å². The maximum Gasteiger partial charge on any atom is 0.251 e.